The number of fused-ring (bicyclic) bond motifs is 1. The van der Waals surface area contributed by atoms with E-state index in [1.54, 1.807) is 29.2 Å². The van der Waals surface area contributed by atoms with Gasteiger partial charge in [-0.05, 0) is 40.5 Å². The van der Waals surface area contributed by atoms with Gasteiger partial charge in [0.05, 0.1) is 5.69 Å². The van der Waals surface area contributed by atoms with Crippen LogP contribution in [0.25, 0.3) is 0 Å². The smallest absolute Gasteiger partial charge is 0.322 e. The third-order valence-electron chi connectivity index (χ3n) is 3.80. The number of carbonyl (C=O) groups excluding carboxylic acids is 1. The highest BCUT2D eigenvalue weighted by Gasteiger charge is 2.18. The van der Waals surface area contributed by atoms with E-state index in [1.807, 2.05) is 6.92 Å². The number of nitrogens with zero attached hydrogens (tertiary/aromatic N) is 1. The highest BCUT2D eigenvalue weighted by molar-refractivity contribution is 9.10. The summed E-state index contributed by atoms with van der Waals surface area (Å²) >= 11 is 3.43. The summed E-state index contributed by atoms with van der Waals surface area (Å²) in [5.41, 5.74) is 1.32. The second-order valence-electron chi connectivity index (χ2n) is 5.55. The highest BCUT2D eigenvalue weighted by Crippen LogP contribution is 2.38. The van der Waals surface area contributed by atoms with E-state index in [2.05, 4.69) is 21.2 Å². The molecule has 1 aliphatic rings. The van der Waals surface area contributed by atoms with Crippen molar-refractivity contribution in [2.45, 2.75) is 13.5 Å². The fourth-order valence-corrected chi connectivity index (χ4v) is 2.96. The van der Waals surface area contributed by atoms with Crippen molar-refractivity contribution in [3.8, 4) is 11.5 Å². The van der Waals surface area contributed by atoms with Crippen molar-refractivity contribution in [3.05, 3.63) is 52.3 Å². The fourth-order valence-electron chi connectivity index (χ4n) is 2.54. The third kappa shape index (κ3) is 4.22. The molecule has 2 aromatic carbocycles. The van der Waals surface area contributed by atoms with Crippen molar-refractivity contribution < 1.29 is 18.7 Å². The van der Waals surface area contributed by atoms with Gasteiger partial charge in [-0.3, -0.25) is 0 Å². The molecule has 0 spiro atoms. The zero-order chi connectivity index (χ0) is 17.8. The summed E-state index contributed by atoms with van der Waals surface area (Å²) in [6.45, 7) is 3.66. The lowest BCUT2D eigenvalue weighted by molar-refractivity contribution is 0.171. The lowest BCUT2D eigenvalue weighted by Crippen LogP contribution is -2.34. The molecule has 0 radical (unpaired) electrons. The maximum atomic E-state index is 13.3. The van der Waals surface area contributed by atoms with Crippen LogP contribution in [0.3, 0.4) is 0 Å². The number of urea groups is 1. The van der Waals surface area contributed by atoms with E-state index >= 15 is 0 Å². The molecule has 0 bridgehead atoms. The van der Waals surface area contributed by atoms with E-state index in [1.165, 1.54) is 12.1 Å². The third-order valence-corrected chi connectivity index (χ3v) is 4.46. The zero-order valence-electron chi connectivity index (χ0n) is 13.7. The Hall–Kier alpha value is -2.28. The summed E-state index contributed by atoms with van der Waals surface area (Å²) in [6.07, 6.45) is 0. The quantitative estimate of drug-likeness (QED) is 0.814. The Kier molecular flexibility index (Phi) is 5.43. The number of halogens is 2. The largest absolute Gasteiger partial charge is 0.486 e. The molecule has 2 amide bonds. The number of ether oxygens (including phenoxy) is 2. The molecule has 0 unspecified atom stereocenters. The number of carbonyl (C=O) groups is 1. The summed E-state index contributed by atoms with van der Waals surface area (Å²) in [4.78, 5) is 14.2. The predicted octanol–water partition coefficient (Wildman–Crippen LogP) is 4.41. The first-order valence-corrected chi connectivity index (χ1v) is 8.75. The van der Waals surface area contributed by atoms with E-state index in [4.69, 9.17) is 9.47 Å². The number of benzene rings is 2. The minimum absolute atomic E-state index is 0.274. The normalized spacial score (nSPS) is 12.6. The molecule has 0 saturated heterocycles. The van der Waals surface area contributed by atoms with Crippen LogP contribution in [-0.4, -0.2) is 30.7 Å². The Morgan fingerprint density at radius 2 is 1.96 bits per heavy atom. The Morgan fingerprint density at radius 1 is 1.24 bits per heavy atom. The van der Waals surface area contributed by atoms with Crippen molar-refractivity contribution in [2.24, 2.45) is 0 Å². The van der Waals surface area contributed by atoms with Crippen LogP contribution in [0.1, 0.15) is 12.5 Å². The van der Waals surface area contributed by atoms with Gasteiger partial charge >= 0.3 is 6.03 Å². The maximum Gasteiger partial charge on any atom is 0.322 e. The molecular weight excluding hydrogens is 391 g/mol. The molecule has 0 saturated carbocycles. The molecule has 0 aliphatic carbocycles. The van der Waals surface area contributed by atoms with Crippen LogP contribution < -0.4 is 14.8 Å². The standard InChI is InChI=1S/C18H18BrFN2O3/c1-2-22(11-12-4-3-5-13(20)8-12)18(23)21-15-10-17-16(9-14(15)19)24-6-7-25-17/h3-5,8-10H,2,6-7,11H2,1H3,(H,21,23). The molecule has 0 aromatic heterocycles. The van der Waals surface area contributed by atoms with Crippen LogP contribution in [-0.2, 0) is 6.54 Å². The number of nitrogens with one attached hydrogen (secondary N) is 1. The SMILES string of the molecule is CCN(Cc1cccc(F)c1)C(=O)Nc1cc2c(cc1Br)OCCO2. The van der Waals surface area contributed by atoms with E-state index in [9.17, 15) is 9.18 Å². The fraction of sp³-hybridized carbons (Fsp3) is 0.278. The number of amides is 2. The highest BCUT2D eigenvalue weighted by atomic mass is 79.9. The first kappa shape index (κ1) is 17.5. The molecule has 0 atom stereocenters. The van der Waals surface area contributed by atoms with Crippen LogP contribution in [0.4, 0.5) is 14.9 Å². The van der Waals surface area contributed by atoms with E-state index in [-0.39, 0.29) is 11.8 Å². The molecule has 7 heteroatoms. The first-order chi connectivity index (χ1) is 12.1. The number of hydrogen-bond acceptors (Lipinski definition) is 3. The van der Waals surface area contributed by atoms with Gasteiger partial charge in [-0.2, -0.15) is 0 Å². The Bertz CT molecular complexity index is 785. The van der Waals surface area contributed by atoms with Crippen LogP contribution >= 0.6 is 15.9 Å². The summed E-state index contributed by atoms with van der Waals surface area (Å²) in [6, 6.07) is 9.46. The maximum absolute atomic E-state index is 13.3. The van der Waals surface area contributed by atoms with Gasteiger partial charge in [0.15, 0.2) is 11.5 Å². The van der Waals surface area contributed by atoms with Gasteiger partial charge < -0.3 is 19.7 Å². The Labute approximate surface area is 153 Å². The van der Waals surface area contributed by atoms with E-state index in [0.29, 0.717) is 48.0 Å². The summed E-state index contributed by atoms with van der Waals surface area (Å²) in [5, 5.41) is 2.86. The van der Waals surface area contributed by atoms with Crippen molar-refractivity contribution in [1.82, 2.24) is 4.90 Å². The molecule has 3 rings (SSSR count). The summed E-state index contributed by atoms with van der Waals surface area (Å²) < 4.78 is 25.1. The number of hydrogen-bond donors (Lipinski definition) is 1. The minimum Gasteiger partial charge on any atom is -0.486 e. The Morgan fingerprint density at radius 3 is 2.64 bits per heavy atom. The summed E-state index contributed by atoms with van der Waals surface area (Å²) in [7, 11) is 0. The molecule has 5 nitrogen and oxygen atoms in total. The molecule has 0 fully saturated rings. The van der Waals surface area contributed by atoms with Gasteiger partial charge in [0.1, 0.15) is 19.0 Å². The summed E-state index contributed by atoms with van der Waals surface area (Å²) in [5.74, 6) is 0.921. The van der Waals surface area contributed by atoms with Crippen molar-refractivity contribution in [2.75, 3.05) is 25.1 Å². The topological polar surface area (TPSA) is 50.8 Å². The second-order valence-corrected chi connectivity index (χ2v) is 6.40. The second kappa shape index (κ2) is 7.74. The lowest BCUT2D eigenvalue weighted by Gasteiger charge is -2.23. The van der Waals surface area contributed by atoms with Crippen molar-refractivity contribution in [3.63, 3.8) is 0 Å². The molecule has 1 heterocycles. The van der Waals surface area contributed by atoms with Crippen molar-refractivity contribution >= 4 is 27.6 Å². The van der Waals surface area contributed by atoms with E-state index < -0.39 is 0 Å². The Balaban J connectivity index is 1.73. The molecule has 2 aromatic rings. The monoisotopic (exact) mass is 408 g/mol. The number of anilines is 1. The molecular formula is C18H18BrFN2O3. The number of rotatable bonds is 4. The first-order valence-electron chi connectivity index (χ1n) is 7.96. The van der Waals surface area contributed by atoms with Crippen LogP contribution in [0.15, 0.2) is 40.9 Å². The van der Waals surface area contributed by atoms with Gasteiger partial charge in [0, 0.05) is 29.7 Å². The van der Waals surface area contributed by atoms with Crippen LogP contribution in [0, 0.1) is 5.82 Å². The van der Waals surface area contributed by atoms with Gasteiger partial charge in [-0.1, -0.05) is 12.1 Å². The average Bonchev–Trinajstić information content (AvgIpc) is 2.60. The van der Waals surface area contributed by atoms with Crippen molar-refractivity contribution in [1.29, 1.82) is 0 Å². The molecule has 1 N–H and O–H groups in total. The lowest BCUT2D eigenvalue weighted by atomic mass is 10.2. The van der Waals surface area contributed by atoms with Gasteiger partial charge in [-0.15, -0.1) is 0 Å². The average molecular weight is 409 g/mol. The molecule has 1 aliphatic heterocycles. The van der Waals surface area contributed by atoms with Gasteiger partial charge in [0.25, 0.3) is 0 Å². The predicted molar refractivity (Wildman–Crippen MR) is 96.6 cm³/mol. The van der Waals surface area contributed by atoms with Gasteiger partial charge in [0.2, 0.25) is 0 Å². The van der Waals surface area contributed by atoms with E-state index in [0.717, 1.165) is 5.56 Å². The van der Waals surface area contributed by atoms with Gasteiger partial charge in [-0.25, -0.2) is 9.18 Å². The van der Waals surface area contributed by atoms with Crippen LogP contribution in [0.5, 0.6) is 11.5 Å². The zero-order valence-corrected chi connectivity index (χ0v) is 15.3. The van der Waals surface area contributed by atoms with Crippen LogP contribution in [0.2, 0.25) is 0 Å². The molecule has 132 valence electrons. The molecule has 25 heavy (non-hydrogen) atoms. The minimum atomic E-state index is -0.316.